The fourth-order valence-corrected chi connectivity index (χ4v) is 5.83. The number of halogens is 2. The van der Waals surface area contributed by atoms with Gasteiger partial charge in [0.2, 0.25) is 5.75 Å². The van der Waals surface area contributed by atoms with Gasteiger partial charge in [-0.25, -0.2) is 4.79 Å². The number of methoxy groups -OCH3 is 3. The number of anilines is 2. The summed E-state index contributed by atoms with van der Waals surface area (Å²) >= 11 is 12.6. The lowest BCUT2D eigenvalue weighted by atomic mass is 9.84. The van der Waals surface area contributed by atoms with Crippen molar-refractivity contribution in [1.82, 2.24) is 10.2 Å². The summed E-state index contributed by atoms with van der Waals surface area (Å²) in [5, 5.41) is 7.28. The molecule has 1 saturated heterocycles. The minimum Gasteiger partial charge on any atom is -0.493 e. The molecule has 0 aromatic heterocycles. The molecule has 208 valence electrons. The average Bonchev–Trinajstić information content (AvgIpc) is 2.94. The molecule has 2 amide bonds. The van der Waals surface area contributed by atoms with E-state index in [9.17, 15) is 4.79 Å². The molecule has 2 fully saturated rings. The van der Waals surface area contributed by atoms with Gasteiger partial charge < -0.3 is 29.7 Å². The highest BCUT2D eigenvalue weighted by Crippen LogP contribution is 2.40. The Balaban J connectivity index is 1.17. The predicted octanol–water partition coefficient (Wildman–Crippen LogP) is 5.91. The van der Waals surface area contributed by atoms with Gasteiger partial charge in [0.05, 0.1) is 42.7 Å². The van der Waals surface area contributed by atoms with Gasteiger partial charge in [-0.05, 0) is 56.7 Å². The second kappa shape index (κ2) is 13.5. The van der Waals surface area contributed by atoms with E-state index in [1.165, 1.54) is 6.42 Å². The summed E-state index contributed by atoms with van der Waals surface area (Å²) in [6.45, 7) is 5.08. The number of nitrogens with one attached hydrogen (secondary N) is 2. The third kappa shape index (κ3) is 7.10. The van der Waals surface area contributed by atoms with Crippen LogP contribution in [0.2, 0.25) is 10.0 Å². The van der Waals surface area contributed by atoms with Gasteiger partial charge in [0.25, 0.3) is 0 Å². The standard InChI is InChI=1S/C28H38Cl2N4O4/c1-36-24-17-21(18-25(37-2)27(24)38-3)32-28(35)31-20-9-7-19(8-10-20)11-12-33-13-15-34(16-14-33)23-6-4-5-22(29)26(23)30/h4-6,17-20H,7-16H2,1-3H3,(H2,31,32,35). The molecule has 0 radical (unpaired) electrons. The SMILES string of the molecule is COc1cc(NC(=O)NC2CCC(CCN3CCN(c4cccc(Cl)c4Cl)CC3)CC2)cc(OC)c1OC. The molecule has 2 aromatic carbocycles. The molecule has 0 bridgehead atoms. The number of ether oxygens (including phenoxy) is 3. The van der Waals surface area contributed by atoms with Crippen LogP contribution in [0.25, 0.3) is 0 Å². The molecule has 4 rings (SSSR count). The molecule has 2 aromatic rings. The number of urea groups is 1. The smallest absolute Gasteiger partial charge is 0.319 e. The number of carbonyl (C=O) groups is 1. The topological polar surface area (TPSA) is 75.3 Å². The third-order valence-electron chi connectivity index (χ3n) is 7.60. The Morgan fingerprint density at radius 1 is 0.947 bits per heavy atom. The molecule has 1 aliphatic carbocycles. The highest BCUT2D eigenvalue weighted by atomic mass is 35.5. The van der Waals surface area contributed by atoms with Crippen molar-refractivity contribution in [1.29, 1.82) is 0 Å². The van der Waals surface area contributed by atoms with Crippen molar-refractivity contribution in [3.63, 3.8) is 0 Å². The first-order chi connectivity index (χ1) is 18.4. The fourth-order valence-electron chi connectivity index (χ4n) is 5.42. The van der Waals surface area contributed by atoms with Crippen LogP contribution in [0.1, 0.15) is 32.1 Å². The van der Waals surface area contributed by atoms with Gasteiger partial charge >= 0.3 is 6.03 Å². The molecule has 0 atom stereocenters. The van der Waals surface area contributed by atoms with Crippen molar-refractivity contribution in [2.24, 2.45) is 5.92 Å². The number of benzene rings is 2. The minimum atomic E-state index is -0.222. The Morgan fingerprint density at radius 2 is 1.61 bits per heavy atom. The minimum absolute atomic E-state index is 0.180. The van der Waals surface area contributed by atoms with E-state index in [-0.39, 0.29) is 12.1 Å². The summed E-state index contributed by atoms with van der Waals surface area (Å²) in [5.74, 6) is 2.19. The van der Waals surface area contributed by atoms with Crippen molar-refractivity contribution in [3.8, 4) is 17.2 Å². The van der Waals surface area contributed by atoms with Gasteiger partial charge in [-0.3, -0.25) is 4.90 Å². The lowest BCUT2D eigenvalue weighted by Gasteiger charge is -2.37. The number of hydrogen-bond donors (Lipinski definition) is 2. The Bertz CT molecular complexity index is 1060. The van der Waals surface area contributed by atoms with Crippen LogP contribution in [0.4, 0.5) is 16.2 Å². The summed E-state index contributed by atoms with van der Waals surface area (Å²) in [6.07, 6.45) is 5.45. The van der Waals surface area contributed by atoms with Gasteiger partial charge in [-0.1, -0.05) is 29.3 Å². The Hall–Kier alpha value is -2.55. The molecule has 0 spiro atoms. The molecule has 38 heavy (non-hydrogen) atoms. The first-order valence-corrected chi connectivity index (χ1v) is 14.0. The molecule has 2 aliphatic rings. The van der Waals surface area contributed by atoms with E-state index in [1.54, 1.807) is 33.5 Å². The van der Waals surface area contributed by atoms with E-state index in [0.717, 1.165) is 64.1 Å². The van der Waals surface area contributed by atoms with Gasteiger partial charge in [-0.2, -0.15) is 0 Å². The summed E-state index contributed by atoms with van der Waals surface area (Å²) in [6, 6.07) is 9.23. The molecule has 1 saturated carbocycles. The molecule has 8 nitrogen and oxygen atoms in total. The van der Waals surface area contributed by atoms with Crippen LogP contribution in [0.5, 0.6) is 17.2 Å². The van der Waals surface area contributed by atoms with Crippen LogP contribution >= 0.6 is 23.2 Å². The van der Waals surface area contributed by atoms with Gasteiger partial charge in [0, 0.05) is 44.4 Å². The maximum absolute atomic E-state index is 12.7. The fraction of sp³-hybridized carbons (Fsp3) is 0.536. The first kappa shape index (κ1) is 28.5. The Labute approximate surface area is 235 Å². The lowest BCUT2D eigenvalue weighted by molar-refractivity contribution is 0.208. The highest BCUT2D eigenvalue weighted by Gasteiger charge is 2.25. The van der Waals surface area contributed by atoms with Crippen molar-refractivity contribution in [3.05, 3.63) is 40.4 Å². The number of rotatable bonds is 9. The molecule has 2 N–H and O–H groups in total. The molecule has 10 heteroatoms. The second-order valence-corrected chi connectivity index (χ2v) is 10.7. The zero-order valence-corrected chi connectivity index (χ0v) is 23.9. The van der Waals surface area contributed by atoms with E-state index in [0.29, 0.717) is 38.9 Å². The van der Waals surface area contributed by atoms with Gasteiger partial charge in [-0.15, -0.1) is 0 Å². The van der Waals surface area contributed by atoms with Crippen molar-refractivity contribution in [2.75, 3.05) is 64.3 Å². The third-order valence-corrected chi connectivity index (χ3v) is 8.41. The predicted molar refractivity (Wildman–Crippen MR) is 154 cm³/mol. The molecule has 1 aliphatic heterocycles. The largest absolute Gasteiger partial charge is 0.493 e. The van der Waals surface area contributed by atoms with E-state index >= 15 is 0 Å². The van der Waals surface area contributed by atoms with Crippen LogP contribution < -0.4 is 29.7 Å². The molecular weight excluding hydrogens is 527 g/mol. The number of carbonyl (C=O) groups excluding carboxylic acids is 1. The zero-order valence-electron chi connectivity index (χ0n) is 22.4. The normalized spacial score (nSPS) is 20.1. The number of hydrogen-bond acceptors (Lipinski definition) is 6. The highest BCUT2D eigenvalue weighted by molar-refractivity contribution is 6.43. The van der Waals surface area contributed by atoms with E-state index in [2.05, 4.69) is 20.4 Å². The van der Waals surface area contributed by atoms with E-state index in [4.69, 9.17) is 37.4 Å². The lowest BCUT2D eigenvalue weighted by Crippen LogP contribution is -2.47. The molecule has 0 unspecified atom stereocenters. The van der Waals surface area contributed by atoms with Crippen LogP contribution in [-0.4, -0.2) is 71.0 Å². The van der Waals surface area contributed by atoms with E-state index < -0.39 is 0 Å². The molecule has 1 heterocycles. The maximum Gasteiger partial charge on any atom is 0.319 e. The van der Waals surface area contributed by atoms with Crippen molar-refractivity contribution < 1.29 is 19.0 Å². The Morgan fingerprint density at radius 3 is 2.21 bits per heavy atom. The van der Waals surface area contributed by atoms with Crippen molar-refractivity contribution in [2.45, 2.75) is 38.1 Å². The molecular formula is C28H38Cl2N4O4. The van der Waals surface area contributed by atoms with Crippen LogP contribution in [0.3, 0.4) is 0 Å². The summed E-state index contributed by atoms with van der Waals surface area (Å²) < 4.78 is 16.1. The monoisotopic (exact) mass is 564 g/mol. The van der Waals surface area contributed by atoms with Gasteiger partial charge in [0.15, 0.2) is 11.5 Å². The number of amides is 2. The zero-order chi connectivity index (χ0) is 27.1. The number of piperazine rings is 1. The summed E-state index contributed by atoms with van der Waals surface area (Å²) in [4.78, 5) is 17.5. The van der Waals surface area contributed by atoms with E-state index in [1.807, 2.05) is 18.2 Å². The summed E-state index contributed by atoms with van der Waals surface area (Å²) in [7, 11) is 4.66. The first-order valence-electron chi connectivity index (χ1n) is 13.2. The number of nitrogens with zero attached hydrogens (tertiary/aromatic N) is 2. The average molecular weight is 566 g/mol. The maximum atomic E-state index is 12.7. The van der Waals surface area contributed by atoms with Crippen LogP contribution in [0, 0.1) is 5.92 Å². The van der Waals surface area contributed by atoms with Gasteiger partial charge in [0.1, 0.15) is 0 Å². The Kier molecular flexibility index (Phi) is 10.1. The van der Waals surface area contributed by atoms with Crippen LogP contribution in [0.15, 0.2) is 30.3 Å². The van der Waals surface area contributed by atoms with Crippen molar-refractivity contribution >= 4 is 40.6 Å². The quantitative estimate of drug-likeness (QED) is 0.394. The summed E-state index contributed by atoms with van der Waals surface area (Å²) in [5.41, 5.74) is 1.61. The second-order valence-electron chi connectivity index (χ2n) is 9.92. The van der Waals surface area contributed by atoms with Crippen LogP contribution in [-0.2, 0) is 0 Å².